The first-order valence-corrected chi connectivity index (χ1v) is 6.35. The summed E-state index contributed by atoms with van der Waals surface area (Å²) in [6.45, 7) is 11.2. The summed E-state index contributed by atoms with van der Waals surface area (Å²) in [5.74, 6) is 0. The molecule has 0 aliphatic heterocycles. The van der Waals surface area contributed by atoms with E-state index < -0.39 is 5.60 Å². The summed E-state index contributed by atoms with van der Waals surface area (Å²) >= 11 is 0. The van der Waals surface area contributed by atoms with Crippen LogP contribution in [0.2, 0.25) is 0 Å². The van der Waals surface area contributed by atoms with Crippen molar-refractivity contribution in [3.63, 3.8) is 0 Å². The second-order valence-electron chi connectivity index (χ2n) is 5.51. The molecule has 1 aromatic heterocycles. The molecule has 0 spiro atoms. The Balaban J connectivity index is 2.43. The minimum absolute atomic E-state index is 0.349. The van der Waals surface area contributed by atoms with Crippen LogP contribution >= 0.6 is 0 Å². The Morgan fingerprint density at radius 2 is 2.11 bits per heavy atom. The van der Waals surface area contributed by atoms with E-state index in [0.29, 0.717) is 0 Å². The van der Waals surface area contributed by atoms with Gasteiger partial charge in [-0.1, -0.05) is 0 Å². The van der Waals surface area contributed by atoms with Crippen LogP contribution in [-0.2, 0) is 11.1 Å². The second kappa shape index (κ2) is 5.04. The van der Waals surface area contributed by atoms with E-state index in [0.717, 1.165) is 22.8 Å². The SMILES string of the molecule is C=BCc1cccc2c1ccn2C(=O)OC(C)(C)C. The molecule has 1 heterocycles. The molecule has 0 aliphatic rings. The molecule has 4 heteroatoms. The maximum atomic E-state index is 12.1. The number of hydrogen-bond donors (Lipinski definition) is 0. The maximum absolute atomic E-state index is 12.1. The molecule has 0 saturated carbocycles. The number of hydrogen-bond acceptors (Lipinski definition) is 2. The average molecular weight is 255 g/mol. The van der Waals surface area contributed by atoms with Gasteiger partial charge in [0.05, 0.1) is 0 Å². The van der Waals surface area contributed by atoms with Gasteiger partial charge in [-0.15, -0.1) is 0 Å². The number of ether oxygens (including phenoxy) is 1. The van der Waals surface area contributed by atoms with Gasteiger partial charge in [0.1, 0.15) is 0 Å². The molecule has 0 radical (unpaired) electrons. The number of nitrogens with zero attached hydrogens (tertiary/aromatic N) is 1. The van der Waals surface area contributed by atoms with Gasteiger partial charge in [0.25, 0.3) is 0 Å². The van der Waals surface area contributed by atoms with E-state index >= 15 is 0 Å². The molecule has 0 amide bonds. The average Bonchev–Trinajstić information content (AvgIpc) is 2.72. The third-order valence-corrected chi connectivity index (χ3v) is 2.78. The zero-order valence-corrected chi connectivity index (χ0v) is 11.6. The summed E-state index contributed by atoms with van der Waals surface area (Å²) in [5.41, 5.74) is 1.54. The van der Waals surface area contributed by atoms with Crippen LogP contribution in [0.1, 0.15) is 26.3 Å². The van der Waals surface area contributed by atoms with Gasteiger partial charge in [0.2, 0.25) is 0 Å². The van der Waals surface area contributed by atoms with Gasteiger partial charge < -0.3 is 0 Å². The van der Waals surface area contributed by atoms with Crippen LogP contribution in [0.4, 0.5) is 4.79 Å². The summed E-state index contributed by atoms with van der Waals surface area (Å²) in [4.78, 5) is 12.1. The fraction of sp³-hybridized carbons (Fsp3) is 0.333. The van der Waals surface area contributed by atoms with Crippen molar-refractivity contribution in [2.45, 2.75) is 32.7 Å². The standard InChI is InChI=1S/C15H18BNO2/c1-15(2,3)19-14(18)17-9-8-12-11(10-16-4)6-5-7-13(12)17/h5-9H,4,10H2,1-3H3. The van der Waals surface area contributed by atoms with Crippen molar-refractivity contribution < 1.29 is 9.53 Å². The Morgan fingerprint density at radius 1 is 1.37 bits per heavy atom. The van der Waals surface area contributed by atoms with Gasteiger partial charge in [-0.05, 0) is 0 Å². The number of aromatic nitrogens is 1. The summed E-state index contributed by atoms with van der Waals surface area (Å²) in [6.07, 6.45) is 2.19. The van der Waals surface area contributed by atoms with Crippen LogP contribution in [-0.4, -0.2) is 29.7 Å². The van der Waals surface area contributed by atoms with E-state index in [4.69, 9.17) is 4.74 Å². The molecular weight excluding hydrogens is 237 g/mol. The number of fused-ring (bicyclic) bond motifs is 1. The van der Waals surface area contributed by atoms with Crippen molar-refractivity contribution >= 4 is 30.4 Å². The number of carbonyl (C=O) groups is 1. The molecule has 0 atom stereocenters. The monoisotopic (exact) mass is 255 g/mol. The van der Waals surface area contributed by atoms with Crippen LogP contribution in [0.5, 0.6) is 0 Å². The van der Waals surface area contributed by atoms with E-state index in [1.807, 2.05) is 52.0 Å². The van der Waals surface area contributed by atoms with E-state index in [-0.39, 0.29) is 6.09 Å². The van der Waals surface area contributed by atoms with Crippen LogP contribution < -0.4 is 0 Å². The number of carbonyl (C=O) groups excluding carboxylic acids is 1. The summed E-state index contributed by atoms with van der Waals surface area (Å²) in [5, 5.41) is 1.06. The Bertz CT molecular complexity index is 623. The van der Waals surface area contributed by atoms with Gasteiger partial charge in [-0.2, -0.15) is 0 Å². The van der Waals surface area contributed by atoms with Crippen molar-refractivity contribution in [2.24, 2.45) is 0 Å². The molecule has 0 unspecified atom stereocenters. The van der Waals surface area contributed by atoms with Crippen molar-refractivity contribution in [3.8, 4) is 0 Å². The topological polar surface area (TPSA) is 31.2 Å². The quantitative estimate of drug-likeness (QED) is 0.772. The van der Waals surface area contributed by atoms with Gasteiger partial charge in [0.15, 0.2) is 0 Å². The molecule has 0 fully saturated rings. The van der Waals surface area contributed by atoms with Crippen molar-refractivity contribution in [2.75, 3.05) is 0 Å². The Labute approximate surface area is 114 Å². The fourth-order valence-corrected chi connectivity index (χ4v) is 2.04. The minimum atomic E-state index is -0.494. The Morgan fingerprint density at radius 3 is 2.74 bits per heavy atom. The van der Waals surface area contributed by atoms with Crippen molar-refractivity contribution in [3.05, 3.63) is 36.0 Å². The van der Waals surface area contributed by atoms with E-state index in [9.17, 15) is 4.79 Å². The molecule has 2 aromatic rings. The first-order valence-electron chi connectivity index (χ1n) is 6.35. The van der Waals surface area contributed by atoms with Gasteiger partial charge in [0, 0.05) is 0 Å². The third kappa shape index (κ3) is 2.95. The predicted molar refractivity (Wildman–Crippen MR) is 80.1 cm³/mol. The normalized spacial score (nSPS) is 11.3. The molecule has 98 valence electrons. The van der Waals surface area contributed by atoms with Crippen LogP contribution in [0.3, 0.4) is 0 Å². The zero-order chi connectivity index (χ0) is 14.0. The second-order valence-corrected chi connectivity index (χ2v) is 5.51. The molecule has 3 nitrogen and oxygen atoms in total. The molecule has 1 aromatic carbocycles. The van der Waals surface area contributed by atoms with Crippen LogP contribution in [0, 0.1) is 0 Å². The number of rotatable bonds is 2. The molecule has 0 aliphatic carbocycles. The Hall–Kier alpha value is -1.84. The predicted octanol–water partition coefficient (Wildman–Crippen LogP) is 3.06. The summed E-state index contributed by atoms with van der Waals surface area (Å²) < 4.78 is 6.94. The van der Waals surface area contributed by atoms with Gasteiger partial charge in [-0.25, -0.2) is 0 Å². The molecule has 0 saturated heterocycles. The molecular formula is C15H18BNO2. The van der Waals surface area contributed by atoms with Crippen LogP contribution in [0.15, 0.2) is 30.5 Å². The van der Waals surface area contributed by atoms with E-state index in [1.54, 1.807) is 10.8 Å². The molecule has 19 heavy (non-hydrogen) atoms. The van der Waals surface area contributed by atoms with E-state index in [2.05, 4.69) is 6.47 Å². The summed E-state index contributed by atoms with van der Waals surface area (Å²) in [6, 6.07) is 7.86. The third-order valence-electron chi connectivity index (χ3n) is 2.78. The van der Waals surface area contributed by atoms with Gasteiger partial charge in [-0.3, -0.25) is 0 Å². The molecule has 0 N–H and O–H groups in total. The molecule has 2 rings (SSSR count). The van der Waals surface area contributed by atoms with Gasteiger partial charge >= 0.3 is 113 Å². The van der Waals surface area contributed by atoms with E-state index in [1.165, 1.54) is 0 Å². The first-order chi connectivity index (χ1) is 8.92. The number of benzene rings is 1. The van der Waals surface area contributed by atoms with Crippen molar-refractivity contribution in [1.82, 2.24) is 4.57 Å². The molecule has 0 bridgehead atoms. The Kier molecular flexibility index (Phi) is 3.60. The van der Waals surface area contributed by atoms with Crippen molar-refractivity contribution in [1.29, 1.82) is 0 Å². The zero-order valence-electron chi connectivity index (χ0n) is 11.6. The van der Waals surface area contributed by atoms with Crippen LogP contribution in [0.25, 0.3) is 10.9 Å². The summed E-state index contributed by atoms with van der Waals surface area (Å²) in [7, 11) is 0. The first kappa shape index (κ1) is 13.6. The fourth-order valence-electron chi connectivity index (χ4n) is 2.04.